The van der Waals surface area contributed by atoms with Gasteiger partial charge in [0.1, 0.15) is 5.82 Å². The van der Waals surface area contributed by atoms with E-state index in [4.69, 9.17) is 9.26 Å². The Labute approximate surface area is 123 Å². The highest BCUT2D eigenvalue weighted by molar-refractivity contribution is 5.58. The second-order valence-electron chi connectivity index (χ2n) is 4.90. The van der Waals surface area contributed by atoms with Gasteiger partial charge in [-0.05, 0) is 12.1 Å². The van der Waals surface area contributed by atoms with Crippen molar-refractivity contribution in [2.24, 2.45) is 0 Å². The van der Waals surface area contributed by atoms with E-state index in [9.17, 15) is 0 Å². The Morgan fingerprint density at radius 1 is 1.38 bits per heavy atom. The molecule has 0 aliphatic carbocycles. The van der Waals surface area contributed by atoms with Crippen LogP contribution in [0, 0.1) is 0 Å². The molecular weight excluding hydrogens is 270 g/mol. The van der Waals surface area contributed by atoms with Crippen molar-refractivity contribution in [3.63, 3.8) is 0 Å². The van der Waals surface area contributed by atoms with E-state index in [0.717, 1.165) is 37.6 Å². The first-order valence-corrected chi connectivity index (χ1v) is 7.10. The van der Waals surface area contributed by atoms with Crippen molar-refractivity contribution in [1.82, 2.24) is 20.4 Å². The van der Waals surface area contributed by atoms with Crippen LogP contribution in [-0.4, -0.2) is 55.0 Å². The average Bonchev–Trinajstić information content (AvgIpc) is 3.03. The molecule has 0 unspecified atom stereocenters. The molecule has 3 rings (SSSR count). The summed E-state index contributed by atoms with van der Waals surface area (Å²) in [5.41, 5.74) is 0.898. The normalized spacial score (nSPS) is 15.4. The predicted molar refractivity (Wildman–Crippen MR) is 78.2 cm³/mol. The zero-order valence-corrected chi connectivity index (χ0v) is 12.1. The van der Waals surface area contributed by atoms with E-state index in [2.05, 4.69) is 25.3 Å². The van der Waals surface area contributed by atoms with Crippen LogP contribution in [0.2, 0.25) is 0 Å². The highest BCUT2D eigenvalue weighted by Crippen LogP contribution is 2.21. The molecule has 2 aromatic rings. The molecule has 0 saturated carbocycles. The Kier molecular flexibility index (Phi) is 4.42. The minimum atomic E-state index is 0.528. The number of ether oxygens (including phenoxy) is 1. The lowest BCUT2D eigenvalue weighted by Crippen LogP contribution is -2.43. The second-order valence-corrected chi connectivity index (χ2v) is 4.90. The molecule has 0 spiro atoms. The van der Waals surface area contributed by atoms with Crippen LogP contribution in [0.5, 0.6) is 0 Å². The van der Waals surface area contributed by atoms with Crippen molar-refractivity contribution in [3.05, 3.63) is 24.2 Å². The zero-order chi connectivity index (χ0) is 14.5. The van der Waals surface area contributed by atoms with Crippen molar-refractivity contribution in [2.45, 2.75) is 6.42 Å². The van der Waals surface area contributed by atoms with Crippen molar-refractivity contribution in [2.75, 3.05) is 44.8 Å². The third-order valence-corrected chi connectivity index (χ3v) is 3.43. The maximum Gasteiger partial charge on any atom is 0.258 e. The second kappa shape index (κ2) is 6.64. The average molecular weight is 289 g/mol. The van der Waals surface area contributed by atoms with Gasteiger partial charge in [0, 0.05) is 51.5 Å². The quantitative estimate of drug-likeness (QED) is 0.869. The number of piperazine rings is 1. The molecule has 21 heavy (non-hydrogen) atoms. The van der Waals surface area contributed by atoms with Crippen LogP contribution in [0.3, 0.4) is 0 Å². The van der Waals surface area contributed by atoms with Gasteiger partial charge in [-0.25, -0.2) is 4.98 Å². The molecule has 0 atom stereocenters. The van der Waals surface area contributed by atoms with Crippen LogP contribution in [0.4, 0.5) is 5.82 Å². The number of nitrogens with zero attached hydrogens (tertiary/aromatic N) is 4. The summed E-state index contributed by atoms with van der Waals surface area (Å²) in [6.45, 7) is 4.46. The largest absolute Gasteiger partial charge is 0.384 e. The molecule has 3 heterocycles. The van der Waals surface area contributed by atoms with Gasteiger partial charge >= 0.3 is 0 Å². The Morgan fingerprint density at radius 3 is 3.05 bits per heavy atom. The number of nitrogens with one attached hydrogen (secondary N) is 1. The summed E-state index contributed by atoms with van der Waals surface area (Å²) in [7, 11) is 1.66. The van der Waals surface area contributed by atoms with Crippen molar-refractivity contribution in [3.8, 4) is 11.5 Å². The van der Waals surface area contributed by atoms with E-state index >= 15 is 0 Å². The topological polar surface area (TPSA) is 76.3 Å². The highest BCUT2D eigenvalue weighted by atomic mass is 16.5. The molecular formula is C14H19N5O2. The standard InChI is InChI=1S/C14H19N5O2/c1-20-9-3-12-17-14(21-18-12)11-2-4-16-13(10-11)19-7-5-15-6-8-19/h2,4,10,15H,3,5-9H2,1H3. The molecule has 0 amide bonds. The molecule has 0 radical (unpaired) electrons. The number of aromatic nitrogens is 3. The maximum atomic E-state index is 5.31. The number of hydrogen-bond acceptors (Lipinski definition) is 7. The zero-order valence-electron chi connectivity index (χ0n) is 12.1. The Bertz CT molecular complexity index is 580. The van der Waals surface area contributed by atoms with Gasteiger partial charge < -0.3 is 19.5 Å². The van der Waals surface area contributed by atoms with Gasteiger partial charge in [0.2, 0.25) is 0 Å². The van der Waals surface area contributed by atoms with E-state index in [1.165, 1.54) is 0 Å². The van der Waals surface area contributed by atoms with Gasteiger partial charge in [0.05, 0.1) is 6.61 Å². The van der Waals surface area contributed by atoms with E-state index < -0.39 is 0 Å². The minimum Gasteiger partial charge on any atom is -0.384 e. The molecule has 1 saturated heterocycles. The summed E-state index contributed by atoms with van der Waals surface area (Å²) in [5.74, 6) is 2.14. The summed E-state index contributed by atoms with van der Waals surface area (Å²) < 4.78 is 10.3. The Hall–Kier alpha value is -1.99. The fraction of sp³-hybridized carbons (Fsp3) is 0.500. The molecule has 1 fully saturated rings. The van der Waals surface area contributed by atoms with Crippen molar-refractivity contribution >= 4 is 5.82 Å². The molecule has 1 aliphatic rings. The first kappa shape index (κ1) is 14.0. The summed E-state index contributed by atoms with van der Waals surface area (Å²) in [5, 5.41) is 7.29. The van der Waals surface area contributed by atoms with E-state index in [1.807, 2.05) is 12.1 Å². The minimum absolute atomic E-state index is 0.528. The fourth-order valence-electron chi connectivity index (χ4n) is 2.28. The van der Waals surface area contributed by atoms with Crippen molar-refractivity contribution < 1.29 is 9.26 Å². The molecule has 1 aliphatic heterocycles. The number of methoxy groups -OCH3 is 1. The summed E-state index contributed by atoms with van der Waals surface area (Å²) in [4.78, 5) is 11.1. The smallest absolute Gasteiger partial charge is 0.258 e. The first-order chi connectivity index (χ1) is 10.4. The summed E-state index contributed by atoms with van der Waals surface area (Å²) in [6, 6.07) is 3.89. The fourth-order valence-corrected chi connectivity index (χ4v) is 2.28. The van der Waals surface area contributed by atoms with Crippen LogP contribution in [0.25, 0.3) is 11.5 Å². The number of hydrogen-bond donors (Lipinski definition) is 1. The van der Waals surface area contributed by atoms with Gasteiger partial charge in [0.15, 0.2) is 5.82 Å². The first-order valence-electron chi connectivity index (χ1n) is 7.10. The molecule has 7 heteroatoms. The SMILES string of the molecule is COCCc1noc(-c2ccnc(N3CCNCC3)c2)n1. The summed E-state index contributed by atoms with van der Waals surface area (Å²) in [6.07, 6.45) is 2.43. The predicted octanol–water partition coefficient (Wildman–Crippen LogP) is 0.730. The van der Waals surface area contributed by atoms with E-state index in [1.54, 1.807) is 13.3 Å². The lowest BCUT2D eigenvalue weighted by Gasteiger charge is -2.28. The van der Waals surface area contributed by atoms with Crippen LogP contribution < -0.4 is 10.2 Å². The van der Waals surface area contributed by atoms with Gasteiger partial charge in [-0.3, -0.25) is 0 Å². The van der Waals surface area contributed by atoms with Gasteiger partial charge in [-0.2, -0.15) is 4.98 Å². The molecule has 1 N–H and O–H groups in total. The molecule has 0 aromatic carbocycles. The summed E-state index contributed by atoms with van der Waals surface area (Å²) >= 11 is 0. The number of anilines is 1. The van der Waals surface area contributed by atoms with E-state index in [-0.39, 0.29) is 0 Å². The number of rotatable bonds is 5. The van der Waals surface area contributed by atoms with Crippen LogP contribution in [0.15, 0.2) is 22.9 Å². The molecule has 112 valence electrons. The highest BCUT2D eigenvalue weighted by Gasteiger charge is 2.14. The lowest BCUT2D eigenvalue weighted by atomic mass is 10.2. The van der Waals surface area contributed by atoms with Gasteiger partial charge in [-0.15, -0.1) is 0 Å². The Balaban J connectivity index is 1.77. The Morgan fingerprint density at radius 2 is 2.24 bits per heavy atom. The van der Waals surface area contributed by atoms with Crippen LogP contribution in [-0.2, 0) is 11.2 Å². The van der Waals surface area contributed by atoms with Crippen LogP contribution in [0.1, 0.15) is 5.82 Å². The number of pyridine rings is 1. The van der Waals surface area contributed by atoms with Gasteiger partial charge in [-0.1, -0.05) is 5.16 Å². The molecule has 7 nitrogen and oxygen atoms in total. The lowest BCUT2D eigenvalue weighted by molar-refractivity contribution is 0.199. The molecule has 0 bridgehead atoms. The third-order valence-electron chi connectivity index (χ3n) is 3.43. The van der Waals surface area contributed by atoms with Gasteiger partial charge in [0.25, 0.3) is 5.89 Å². The van der Waals surface area contributed by atoms with Crippen molar-refractivity contribution in [1.29, 1.82) is 0 Å². The third kappa shape index (κ3) is 3.37. The van der Waals surface area contributed by atoms with Crippen LogP contribution >= 0.6 is 0 Å². The maximum absolute atomic E-state index is 5.31. The van der Waals surface area contributed by atoms with E-state index in [0.29, 0.717) is 24.7 Å². The monoisotopic (exact) mass is 289 g/mol. The molecule has 2 aromatic heterocycles.